The molecule has 0 saturated heterocycles. The zero-order valence-electron chi connectivity index (χ0n) is 13.6. The first-order chi connectivity index (χ1) is 11.7. The maximum Gasteiger partial charge on any atom is 0.254 e. The number of nitrogens with two attached hydrogens (primary N) is 1. The Morgan fingerprint density at radius 1 is 1.12 bits per heavy atom. The Balaban J connectivity index is 2.10. The standard InChI is InChI=1S/C19H20N4O/c1-23(12-6-10-20)19(24)15-13-18(17-9-4-5-11-21-17)22-16-8-3-2-7-14(15)16/h2-5,7-9,11,13H,6,10,12,20H2,1H3. The normalized spacial score (nSPS) is 10.8. The summed E-state index contributed by atoms with van der Waals surface area (Å²) in [5.74, 6) is -0.0285. The number of para-hydroxylation sites is 1. The second-order valence-corrected chi connectivity index (χ2v) is 5.66. The molecule has 0 bridgehead atoms. The zero-order chi connectivity index (χ0) is 16.9. The molecule has 122 valence electrons. The molecule has 1 aromatic carbocycles. The average molecular weight is 320 g/mol. The predicted octanol–water partition coefficient (Wildman–Crippen LogP) is 2.72. The van der Waals surface area contributed by atoms with Crippen LogP contribution in [0, 0.1) is 0 Å². The van der Waals surface area contributed by atoms with Gasteiger partial charge in [0.25, 0.3) is 5.91 Å². The summed E-state index contributed by atoms with van der Waals surface area (Å²) >= 11 is 0. The fraction of sp³-hybridized carbons (Fsp3) is 0.211. The Labute approximate surface area is 141 Å². The van der Waals surface area contributed by atoms with Crippen molar-refractivity contribution in [2.45, 2.75) is 6.42 Å². The fourth-order valence-corrected chi connectivity index (χ4v) is 2.63. The van der Waals surface area contributed by atoms with Crippen LogP contribution in [-0.2, 0) is 0 Å². The molecule has 5 heteroatoms. The van der Waals surface area contributed by atoms with Crippen molar-refractivity contribution in [1.82, 2.24) is 14.9 Å². The van der Waals surface area contributed by atoms with Crippen molar-refractivity contribution >= 4 is 16.8 Å². The fourth-order valence-electron chi connectivity index (χ4n) is 2.63. The van der Waals surface area contributed by atoms with E-state index in [2.05, 4.69) is 9.97 Å². The van der Waals surface area contributed by atoms with Gasteiger partial charge in [-0.3, -0.25) is 9.78 Å². The minimum atomic E-state index is -0.0285. The predicted molar refractivity (Wildman–Crippen MR) is 95.6 cm³/mol. The largest absolute Gasteiger partial charge is 0.342 e. The number of hydrogen-bond donors (Lipinski definition) is 1. The molecular formula is C19H20N4O. The van der Waals surface area contributed by atoms with Crippen molar-refractivity contribution in [2.75, 3.05) is 20.1 Å². The number of benzene rings is 1. The molecule has 0 aliphatic carbocycles. The van der Waals surface area contributed by atoms with Crippen LogP contribution < -0.4 is 5.73 Å². The van der Waals surface area contributed by atoms with Crippen molar-refractivity contribution in [1.29, 1.82) is 0 Å². The molecule has 3 aromatic rings. The molecule has 0 aliphatic rings. The third kappa shape index (κ3) is 3.26. The molecule has 3 rings (SSSR count). The van der Waals surface area contributed by atoms with Gasteiger partial charge in [-0.25, -0.2) is 4.98 Å². The van der Waals surface area contributed by atoms with Crippen LogP contribution in [-0.4, -0.2) is 40.9 Å². The first-order valence-electron chi connectivity index (χ1n) is 7.97. The van der Waals surface area contributed by atoms with Gasteiger partial charge in [0.15, 0.2) is 0 Å². The first-order valence-corrected chi connectivity index (χ1v) is 7.97. The number of aromatic nitrogens is 2. The summed E-state index contributed by atoms with van der Waals surface area (Å²) in [6, 6.07) is 15.2. The lowest BCUT2D eigenvalue weighted by atomic mass is 10.0. The molecule has 0 spiro atoms. The Kier molecular flexibility index (Phi) is 4.82. The number of hydrogen-bond acceptors (Lipinski definition) is 4. The highest BCUT2D eigenvalue weighted by atomic mass is 16.2. The van der Waals surface area contributed by atoms with E-state index >= 15 is 0 Å². The van der Waals surface area contributed by atoms with Gasteiger partial charge in [0, 0.05) is 25.2 Å². The summed E-state index contributed by atoms with van der Waals surface area (Å²) in [6.07, 6.45) is 2.50. The Hall–Kier alpha value is -2.79. The SMILES string of the molecule is CN(CCCN)C(=O)c1cc(-c2ccccn2)nc2ccccc12. The van der Waals surface area contributed by atoms with Crippen LogP contribution >= 0.6 is 0 Å². The molecule has 1 amide bonds. The molecule has 0 unspecified atom stereocenters. The monoisotopic (exact) mass is 320 g/mol. The van der Waals surface area contributed by atoms with E-state index in [-0.39, 0.29) is 5.91 Å². The summed E-state index contributed by atoms with van der Waals surface area (Å²) < 4.78 is 0. The lowest BCUT2D eigenvalue weighted by molar-refractivity contribution is 0.0796. The summed E-state index contributed by atoms with van der Waals surface area (Å²) in [5.41, 5.74) is 8.43. The summed E-state index contributed by atoms with van der Waals surface area (Å²) in [6.45, 7) is 1.19. The number of amides is 1. The van der Waals surface area contributed by atoms with E-state index in [9.17, 15) is 4.79 Å². The van der Waals surface area contributed by atoms with E-state index in [4.69, 9.17) is 5.73 Å². The average Bonchev–Trinajstić information content (AvgIpc) is 2.65. The van der Waals surface area contributed by atoms with Gasteiger partial charge in [-0.2, -0.15) is 0 Å². The van der Waals surface area contributed by atoms with Crippen molar-refractivity contribution in [3.8, 4) is 11.4 Å². The zero-order valence-corrected chi connectivity index (χ0v) is 13.6. The molecule has 0 saturated carbocycles. The van der Waals surface area contributed by atoms with Crippen LogP contribution in [0.25, 0.3) is 22.3 Å². The highest BCUT2D eigenvalue weighted by molar-refractivity contribution is 6.07. The van der Waals surface area contributed by atoms with Gasteiger partial charge in [0.05, 0.1) is 22.5 Å². The highest BCUT2D eigenvalue weighted by Crippen LogP contribution is 2.24. The van der Waals surface area contributed by atoms with E-state index in [1.807, 2.05) is 48.5 Å². The third-order valence-corrected chi connectivity index (χ3v) is 3.92. The van der Waals surface area contributed by atoms with Gasteiger partial charge >= 0.3 is 0 Å². The summed E-state index contributed by atoms with van der Waals surface area (Å²) in [7, 11) is 1.80. The summed E-state index contributed by atoms with van der Waals surface area (Å²) in [5, 5.41) is 0.849. The van der Waals surface area contributed by atoms with Gasteiger partial charge < -0.3 is 10.6 Å². The van der Waals surface area contributed by atoms with E-state index in [1.165, 1.54) is 0 Å². The lowest BCUT2D eigenvalue weighted by Gasteiger charge is -2.18. The van der Waals surface area contributed by atoms with Crippen LogP contribution in [0.3, 0.4) is 0 Å². The quantitative estimate of drug-likeness (QED) is 0.784. The number of pyridine rings is 2. The van der Waals surface area contributed by atoms with E-state index in [1.54, 1.807) is 18.1 Å². The first kappa shape index (κ1) is 16.1. The van der Waals surface area contributed by atoms with Crippen LogP contribution in [0.2, 0.25) is 0 Å². The Morgan fingerprint density at radius 2 is 1.92 bits per heavy atom. The number of carbonyl (C=O) groups is 1. The van der Waals surface area contributed by atoms with Crippen LogP contribution in [0.5, 0.6) is 0 Å². The molecule has 2 N–H and O–H groups in total. The number of fused-ring (bicyclic) bond motifs is 1. The van der Waals surface area contributed by atoms with Gasteiger partial charge in [0.2, 0.25) is 0 Å². The van der Waals surface area contributed by atoms with Crippen molar-refractivity contribution in [3.63, 3.8) is 0 Å². The van der Waals surface area contributed by atoms with Crippen molar-refractivity contribution < 1.29 is 4.79 Å². The van der Waals surface area contributed by atoms with Crippen LogP contribution in [0.1, 0.15) is 16.8 Å². The van der Waals surface area contributed by atoms with Crippen molar-refractivity contribution in [2.24, 2.45) is 5.73 Å². The van der Waals surface area contributed by atoms with Crippen LogP contribution in [0.15, 0.2) is 54.7 Å². The third-order valence-electron chi connectivity index (χ3n) is 3.92. The lowest BCUT2D eigenvalue weighted by Crippen LogP contribution is -2.29. The smallest absolute Gasteiger partial charge is 0.254 e. The van der Waals surface area contributed by atoms with Gasteiger partial charge in [-0.1, -0.05) is 24.3 Å². The van der Waals surface area contributed by atoms with E-state index in [0.29, 0.717) is 24.3 Å². The van der Waals surface area contributed by atoms with Gasteiger partial charge in [0.1, 0.15) is 0 Å². The van der Waals surface area contributed by atoms with Crippen molar-refractivity contribution in [3.05, 3.63) is 60.3 Å². The molecule has 0 radical (unpaired) electrons. The molecule has 0 aliphatic heterocycles. The molecular weight excluding hydrogens is 300 g/mol. The highest BCUT2D eigenvalue weighted by Gasteiger charge is 2.17. The molecule has 24 heavy (non-hydrogen) atoms. The minimum absolute atomic E-state index is 0.0285. The maximum absolute atomic E-state index is 12.9. The van der Waals surface area contributed by atoms with E-state index < -0.39 is 0 Å². The summed E-state index contributed by atoms with van der Waals surface area (Å²) in [4.78, 5) is 23.6. The Morgan fingerprint density at radius 3 is 2.67 bits per heavy atom. The second kappa shape index (κ2) is 7.19. The Bertz CT molecular complexity index is 848. The second-order valence-electron chi connectivity index (χ2n) is 5.66. The number of nitrogens with zero attached hydrogens (tertiary/aromatic N) is 3. The number of rotatable bonds is 5. The van der Waals surface area contributed by atoms with Gasteiger partial charge in [-0.15, -0.1) is 0 Å². The maximum atomic E-state index is 12.9. The molecule has 2 aromatic heterocycles. The minimum Gasteiger partial charge on any atom is -0.342 e. The topological polar surface area (TPSA) is 72.1 Å². The molecule has 2 heterocycles. The molecule has 5 nitrogen and oxygen atoms in total. The number of carbonyl (C=O) groups excluding carboxylic acids is 1. The van der Waals surface area contributed by atoms with Gasteiger partial charge in [-0.05, 0) is 37.2 Å². The van der Waals surface area contributed by atoms with E-state index in [0.717, 1.165) is 23.0 Å². The molecule has 0 fully saturated rings. The molecule has 0 atom stereocenters. The van der Waals surface area contributed by atoms with Crippen LogP contribution in [0.4, 0.5) is 0 Å².